The number of benzene rings is 1. The lowest BCUT2D eigenvalue weighted by Gasteiger charge is -2.29. The number of amides is 1. The largest absolute Gasteiger partial charge is 0.339 e. The van der Waals surface area contributed by atoms with E-state index in [1.165, 1.54) is 6.07 Å². The third-order valence-corrected chi connectivity index (χ3v) is 5.93. The minimum Gasteiger partial charge on any atom is -0.339 e. The van der Waals surface area contributed by atoms with Crippen LogP contribution in [0.2, 0.25) is 0 Å². The smallest absolute Gasteiger partial charge is 0.286 e. The van der Waals surface area contributed by atoms with Crippen LogP contribution in [0.1, 0.15) is 49.9 Å². The van der Waals surface area contributed by atoms with Crippen LogP contribution in [0, 0.1) is 0 Å². The number of sulfonamides is 1. The van der Waals surface area contributed by atoms with Crippen LogP contribution >= 0.6 is 0 Å². The Hall–Kier alpha value is -1.89. The van der Waals surface area contributed by atoms with Gasteiger partial charge in [-0.15, -0.1) is 4.40 Å². The third-order valence-electron chi connectivity index (χ3n) is 4.55. The van der Waals surface area contributed by atoms with Crippen molar-refractivity contribution in [2.24, 2.45) is 4.40 Å². The first-order valence-electron chi connectivity index (χ1n) is 8.46. The predicted molar refractivity (Wildman–Crippen MR) is 94.1 cm³/mol. The quantitative estimate of drug-likeness (QED) is 0.838. The molecule has 0 saturated carbocycles. The van der Waals surface area contributed by atoms with Crippen molar-refractivity contribution < 1.29 is 13.2 Å². The molecule has 0 aliphatic carbocycles. The predicted octanol–water partition coefficient (Wildman–Crippen LogP) is 2.65. The standard InChI is InChI=1S/C17H23N3O3S/c1-3-4-11-20-13(2)18-24(22,23)16-12-14(7-8-15(16)20)17(21)19-9-5-6-10-19/h7-8,12H,3-6,9-11H2,1-2H3. The van der Waals surface area contributed by atoms with Crippen molar-refractivity contribution in [3.8, 4) is 0 Å². The molecule has 1 aromatic rings. The highest BCUT2D eigenvalue weighted by Gasteiger charge is 2.30. The van der Waals surface area contributed by atoms with Gasteiger partial charge < -0.3 is 9.80 Å². The Morgan fingerprint density at radius 2 is 1.96 bits per heavy atom. The van der Waals surface area contributed by atoms with Crippen molar-refractivity contribution in [1.29, 1.82) is 0 Å². The number of carbonyl (C=O) groups excluding carboxylic acids is 1. The van der Waals surface area contributed by atoms with Crippen molar-refractivity contribution in [2.45, 2.75) is 44.4 Å². The van der Waals surface area contributed by atoms with E-state index in [0.717, 1.165) is 38.8 Å². The van der Waals surface area contributed by atoms with Gasteiger partial charge in [0.15, 0.2) is 0 Å². The summed E-state index contributed by atoms with van der Waals surface area (Å²) >= 11 is 0. The number of rotatable bonds is 4. The summed E-state index contributed by atoms with van der Waals surface area (Å²) in [6.45, 7) is 5.99. The van der Waals surface area contributed by atoms with Gasteiger partial charge in [0.1, 0.15) is 10.7 Å². The molecule has 1 fully saturated rings. The number of unbranched alkanes of at least 4 members (excludes halogenated alkanes) is 1. The molecule has 2 aliphatic rings. The van der Waals surface area contributed by atoms with Crippen molar-refractivity contribution in [3.63, 3.8) is 0 Å². The molecule has 1 aromatic carbocycles. The molecule has 130 valence electrons. The summed E-state index contributed by atoms with van der Waals surface area (Å²) in [7, 11) is -3.75. The molecule has 0 N–H and O–H groups in total. The second-order valence-electron chi connectivity index (χ2n) is 6.30. The van der Waals surface area contributed by atoms with Crippen LogP contribution in [0.15, 0.2) is 27.5 Å². The summed E-state index contributed by atoms with van der Waals surface area (Å²) in [5.41, 5.74) is 1.04. The number of likely N-dealkylation sites (tertiary alicyclic amines) is 1. The van der Waals surface area contributed by atoms with E-state index in [9.17, 15) is 13.2 Å². The molecule has 6 nitrogen and oxygen atoms in total. The summed E-state index contributed by atoms with van der Waals surface area (Å²) < 4.78 is 28.8. The van der Waals surface area contributed by atoms with Crippen LogP contribution in [0.3, 0.4) is 0 Å². The molecular weight excluding hydrogens is 326 g/mol. The maximum absolute atomic E-state index is 12.5. The third kappa shape index (κ3) is 3.05. The zero-order chi connectivity index (χ0) is 17.3. The van der Waals surface area contributed by atoms with E-state index in [0.29, 0.717) is 23.6 Å². The molecule has 0 atom stereocenters. The van der Waals surface area contributed by atoms with Crippen molar-refractivity contribution in [2.75, 3.05) is 24.5 Å². The lowest BCUT2D eigenvalue weighted by Crippen LogP contribution is -2.35. The van der Waals surface area contributed by atoms with Gasteiger partial charge in [-0.3, -0.25) is 4.79 Å². The van der Waals surface area contributed by atoms with Gasteiger partial charge in [0.05, 0.1) is 5.69 Å². The SMILES string of the molecule is CCCCN1C(C)=NS(=O)(=O)c2cc(C(=O)N3CCCC3)ccc21. The summed E-state index contributed by atoms with van der Waals surface area (Å²) in [4.78, 5) is 16.4. The normalized spacial score (nSPS) is 19.2. The number of hydrogen-bond acceptors (Lipinski definition) is 4. The highest BCUT2D eigenvalue weighted by atomic mass is 32.2. The van der Waals surface area contributed by atoms with Gasteiger partial charge in [-0.1, -0.05) is 13.3 Å². The Balaban J connectivity index is 2.00. The van der Waals surface area contributed by atoms with Crippen LogP contribution in [0.4, 0.5) is 5.69 Å². The Bertz CT molecular complexity index is 780. The summed E-state index contributed by atoms with van der Waals surface area (Å²) in [6.07, 6.45) is 3.96. The Kier molecular flexibility index (Phi) is 4.62. The van der Waals surface area contributed by atoms with Gasteiger partial charge in [0, 0.05) is 25.2 Å². The molecule has 3 rings (SSSR count). The van der Waals surface area contributed by atoms with E-state index >= 15 is 0 Å². The molecular formula is C17H23N3O3S. The first-order chi connectivity index (χ1) is 11.4. The molecule has 2 aliphatic heterocycles. The fourth-order valence-corrected chi connectivity index (χ4v) is 4.49. The Morgan fingerprint density at radius 1 is 1.25 bits per heavy atom. The zero-order valence-electron chi connectivity index (χ0n) is 14.2. The lowest BCUT2D eigenvalue weighted by atomic mass is 10.1. The maximum Gasteiger partial charge on any atom is 0.286 e. The molecule has 1 saturated heterocycles. The molecule has 0 bridgehead atoms. The van der Waals surface area contributed by atoms with Gasteiger partial charge in [-0.25, -0.2) is 0 Å². The van der Waals surface area contributed by atoms with Gasteiger partial charge in [-0.2, -0.15) is 8.42 Å². The van der Waals surface area contributed by atoms with E-state index < -0.39 is 10.0 Å². The summed E-state index contributed by atoms with van der Waals surface area (Å²) in [6, 6.07) is 4.96. The average Bonchev–Trinajstić information content (AvgIpc) is 3.07. The van der Waals surface area contributed by atoms with Crippen molar-refractivity contribution in [3.05, 3.63) is 23.8 Å². The molecule has 24 heavy (non-hydrogen) atoms. The van der Waals surface area contributed by atoms with E-state index in [-0.39, 0.29) is 10.8 Å². The number of amidine groups is 1. The molecule has 7 heteroatoms. The summed E-state index contributed by atoms with van der Waals surface area (Å²) in [5.74, 6) is 0.381. The van der Waals surface area contributed by atoms with E-state index in [1.807, 2.05) is 4.90 Å². The number of hydrogen-bond donors (Lipinski definition) is 0. The average molecular weight is 349 g/mol. The van der Waals surface area contributed by atoms with Crippen LogP contribution in [-0.4, -0.2) is 44.7 Å². The van der Waals surface area contributed by atoms with Gasteiger partial charge >= 0.3 is 0 Å². The van der Waals surface area contributed by atoms with Crippen LogP contribution in [-0.2, 0) is 10.0 Å². The van der Waals surface area contributed by atoms with Gasteiger partial charge in [-0.05, 0) is 44.4 Å². The fraction of sp³-hybridized carbons (Fsp3) is 0.529. The van der Waals surface area contributed by atoms with E-state index in [1.54, 1.807) is 24.0 Å². The molecule has 0 spiro atoms. The number of fused-ring (bicyclic) bond motifs is 1. The van der Waals surface area contributed by atoms with E-state index in [2.05, 4.69) is 11.3 Å². The lowest BCUT2D eigenvalue weighted by molar-refractivity contribution is 0.0792. The topological polar surface area (TPSA) is 70.0 Å². The molecule has 0 radical (unpaired) electrons. The second kappa shape index (κ2) is 6.55. The Labute approximate surface area is 143 Å². The highest BCUT2D eigenvalue weighted by Crippen LogP contribution is 2.33. The number of carbonyl (C=O) groups is 1. The summed E-state index contributed by atoms with van der Waals surface area (Å²) in [5, 5.41) is 0. The minimum absolute atomic E-state index is 0.100. The van der Waals surface area contributed by atoms with Gasteiger partial charge in [0.2, 0.25) is 0 Å². The van der Waals surface area contributed by atoms with Crippen molar-refractivity contribution in [1.82, 2.24) is 4.90 Å². The first kappa shape index (κ1) is 17.0. The second-order valence-corrected chi connectivity index (χ2v) is 7.87. The zero-order valence-corrected chi connectivity index (χ0v) is 15.0. The van der Waals surface area contributed by atoms with Crippen LogP contribution in [0.25, 0.3) is 0 Å². The monoisotopic (exact) mass is 349 g/mol. The Morgan fingerprint density at radius 3 is 2.62 bits per heavy atom. The van der Waals surface area contributed by atoms with Crippen LogP contribution < -0.4 is 4.90 Å². The number of anilines is 1. The number of nitrogens with zero attached hydrogens (tertiary/aromatic N) is 3. The van der Waals surface area contributed by atoms with Crippen molar-refractivity contribution >= 4 is 27.5 Å². The molecule has 2 heterocycles. The fourth-order valence-electron chi connectivity index (χ4n) is 3.22. The van der Waals surface area contributed by atoms with E-state index in [4.69, 9.17) is 0 Å². The molecule has 0 unspecified atom stereocenters. The van der Waals surface area contributed by atoms with Gasteiger partial charge in [0.25, 0.3) is 15.9 Å². The molecule has 0 aromatic heterocycles. The van der Waals surface area contributed by atoms with Crippen LogP contribution in [0.5, 0.6) is 0 Å². The highest BCUT2D eigenvalue weighted by molar-refractivity contribution is 7.90. The maximum atomic E-state index is 12.5. The minimum atomic E-state index is -3.75. The molecule has 1 amide bonds. The first-order valence-corrected chi connectivity index (χ1v) is 9.90.